The monoisotopic (exact) mass is 656 g/mol. The summed E-state index contributed by atoms with van der Waals surface area (Å²) in [5.41, 5.74) is 1.54. The predicted octanol–water partition coefficient (Wildman–Crippen LogP) is 6.17. The van der Waals surface area contributed by atoms with Gasteiger partial charge in [-0.3, -0.25) is 9.59 Å². The lowest BCUT2D eigenvalue weighted by Crippen LogP contribution is -2.35. The first-order valence-electron chi connectivity index (χ1n) is 14.8. The summed E-state index contributed by atoms with van der Waals surface area (Å²) in [6.45, 7) is 0.943. The lowest BCUT2D eigenvalue weighted by atomic mass is 9.97. The van der Waals surface area contributed by atoms with Gasteiger partial charge in [0.25, 0.3) is 0 Å². The van der Waals surface area contributed by atoms with Crippen molar-refractivity contribution < 1.29 is 19.5 Å². The molecule has 7 aromatic rings. The number of para-hydroxylation sites is 2. The third-order valence-corrected chi connectivity index (χ3v) is 10.9. The minimum absolute atomic E-state index is 0.202. The first-order valence-corrected chi connectivity index (χ1v) is 16.4. The molecule has 5 aromatic carbocycles. The third-order valence-electron chi connectivity index (χ3n) is 8.44. The number of rotatable bonds is 6. The van der Waals surface area contributed by atoms with Crippen molar-refractivity contribution in [2.75, 3.05) is 41.3 Å². The van der Waals surface area contributed by atoms with Crippen LogP contribution in [0.25, 0.3) is 62.4 Å². The second kappa shape index (κ2) is 10.6. The molecule has 0 bridgehead atoms. The SMILES string of the molecule is C[N+](C)([O-])CCn1c2ccccc2sc2c3sc4ccccc4n(CC[N+](C)(C)[O-])c3c3c(O)c4c(=O)ccc(=O)c4c(O)c3c21. The van der Waals surface area contributed by atoms with Crippen LogP contribution in [-0.4, -0.2) is 69.9 Å². The molecule has 0 aliphatic rings. The van der Waals surface area contributed by atoms with Crippen molar-refractivity contribution >= 4 is 85.1 Å². The van der Waals surface area contributed by atoms with Gasteiger partial charge >= 0.3 is 0 Å². The lowest BCUT2D eigenvalue weighted by molar-refractivity contribution is -0.840. The van der Waals surface area contributed by atoms with Crippen molar-refractivity contribution in [1.29, 1.82) is 0 Å². The fourth-order valence-corrected chi connectivity index (χ4v) is 8.81. The van der Waals surface area contributed by atoms with Gasteiger partial charge in [-0.15, -0.1) is 22.7 Å². The predicted molar refractivity (Wildman–Crippen MR) is 189 cm³/mol. The Balaban J connectivity index is 1.85. The largest absolute Gasteiger partial charge is 0.633 e. The summed E-state index contributed by atoms with van der Waals surface area (Å²) in [7, 11) is 6.25. The molecule has 236 valence electrons. The molecular weight excluding hydrogens is 625 g/mol. The molecule has 46 heavy (non-hydrogen) atoms. The molecule has 0 saturated carbocycles. The topological polar surface area (TPSA) is 131 Å². The summed E-state index contributed by atoms with van der Waals surface area (Å²) < 4.78 is 6.25. The van der Waals surface area contributed by atoms with E-state index in [1.165, 1.54) is 22.7 Å². The number of hydrogen-bond donors (Lipinski definition) is 2. The van der Waals surface area contributed by atoms with E-state index in [0.717, 1.165) is 42.0 Å². The third kappa shape index (κ3) is 4.85. The Bertz CT molecular complexity index is 2360. The van der Waals surface area contributed by atoms with Crippen molar-refractivity contribution in [3.05, 3.63) is 91.5 Å². The van der Waals surface area contributed by atoms with Gasteiger partial charge in [0.05, 0.1) is 117 Å². The number of aromatic nitrogens is 2. The van der Waals surface area contributed by atoms with E-state index in [-0.39, 0.29) is 47.7 Å². The quantitative estimate of drug-likeness (QED) is 0.0724. The standard InChI is InChI=1S/C34H32N4O6S2/c1-37(2,43)17-15-35-19-9-5-7-11-23(19)45-33-29(35)27-28(32(42)26-22(40)14-13-21(39)25(26)31(27)41)30-34(33)46-24-12-8-6-10-20(24)36(30)16-18-38(3,4)44/h5-14,41-42H,15-18H2,1-4H3. The fourth-order valence-electron chi connectivity index (χ4n) is 6.27. The van der Waals surface area contributed by atoms with Gasteiger partial charge in [0.2, 0.25) is 0 Å². The number of fused-ring (bicyclic) bond motifs is 9. The smallest absolute Gasteiger partial charge is 0.190 e. The van der Waals surface area contributed by atoms with Gasteiger partial charge < -0.3 is 39.1 Å². The van der Waals surface area contributed by atoms with Gasteiger partial charge in [-0.25, -0.2) is 0 Å². The Morgan fingerprint density at radius 2 is 0.978 bits per heavy atom. The number of nitrogens with zero attached hydrogens (tertiary/aromatic N) is 4. The van der Waals surface area contributed by atoms with E-state index in [2.05, 4.69) is 0 Å². The molecule has 0 amide bonds. The van der Waals surface area contributed by atoms with Crippen molar-refractivity contribution in [1.82, 2.24) is 9.13 Å². The van der Waals surface area contributed by atoms with E-state index in [9.17, 15) is 30.2 Å². The highest BCUT2D eigenvalue weighted by atomic mass is 32.1. The van der Waals surface area contributed by atoms with Crippen LogP contribution in [0.2, 0.25) is 0 Å². The Hall–Kier alpha value is -4.30. The molecule has 0 atom stereocenters. The van der Waals surface area contributed by atoms with E-state index >= 15 is 0 Å². The van der Waals surface area contributed by atoms with Crippen molar-refractivity contribution in [2.24, 2.45) is 0 Å². The highest BCUT2D eigenvalue weighted by Crippen LogP contribution is 2.50. The maximum absolute atomic E-state index is 13.3. The van der Waals surface area contributed by atoms with Crippen molar-refractivity contribution in [3.63, 3.8) is 0 Å². The number of phenols is 2. The molecule has 0 fully saturated rings. The average molecular weight is 657 g/mol. The molecule has 10 nitrogen and oxygen atoms in total. The molecule has 0 radical (unpaired) electrons. The number of hydroxylamine groups is 6. The Morgan fingerprint density at radius 1 is 0.609 bits per heavy atom. The molecule has 12 heteroatoms. The molecule has 2 aromatic heterocycles. The minimum atomic E-state index is -0.592. The van der Waals surface area contributed by atoms with Gasteiger partial charge in [0.1, 0.15) is 11.5 Å². The molecule has 0 aliphatic carbocycles. The molecule has 2 N–H and O–H groups in total. The molecule has 0 spiro atoms. The molecule has 0 aliphatic heterocycles. The zero-order valence-corrected chi connectivity index (χ0v) is 27.4. The van der Waals surface area contributed by atoms with E-state index in [4.69, 9.17) is 0 Å². The van der Waals surface area contributed by atoms with E-state index in [1.807, 2.05) is 57.7 Å². The summed E-state index contributed by atoms with van der Waals surface area (Å²) in [5.74, 6) is -0.816. The van der Waals surface area contributed by atoms with Crippen LogP contribution in [-0.2, 0) is 13.1 Å². The number of benzene rings is 5. The maximum atomic E-state index is 13.3. The van der Waals surface area contributed by atoms with E-state index < -0.39 is 31.6 Å². The number of phenolic OH excluding ortho intramolecular Hbond substituents is 2. The number of quaternary nitrogens is 2. The van der Waals surface area contributed by atoms with Crippen LogP contribution >= 0.6 is 22.7 Å². The molecule has 2 heterocycles. The van der Waals surface area contributed by atoms with Gasteiger partial charge in [0, 0.05) is 0 Å². The van der Waals surface area contributed by atoms with Gasteiger partial charge in [-0.2, -0.15) is 0 Å². The average Bonchev–Trinajstić information content (AvgIpc) is 3.00. The van der Waals surface area contributed by atoms with Gasteiger partial charge in [0.15, 0.2) is 10.9 Å². The Kier molecular flexibility index (Phi) is 7.01. The summed E-state index contributed by atoms with van der Waals surface area (Å²) in [6, 6.07) is 17.8. The highest BCUT2D eigenvalue weighted by molar-refractivity contribution is 7.32. The van der Waals surface area contributed by atoms with Crippen LogP contribution in [0.5, 0.6) is 11.5 Å². The summed E-state index contributed by atoms with van der Waals surface area (Å²) >= 11 is 3.01. The molecule has 7 rings (SSSR count). The molecular formula is C34H32N4O6S2. The van der Waals surface area contributed by atoms with Crippen molar-refractivity contribution in [3.8, 4) is 11.5 Å². The second-order valence-corrected chi connectivity index (χ2v) is 14.8. The maximum Gasteiger partial charge on any atom is 0.190 e. The summed E-state index contributed by atoms with van der Waals surface area (Å²) in [6.07, 6.45) is 0. The molecule has 0 unspecified atom stereocenters. The summed E-state index contributed by atoms with van der Waals surface area (Å²) in [4.78, 5) is 26.5. The Labute approximate surface area is 270 Å². The van der Waals surface area contributed by atoms with Crippen LogP contribution in [0.1, 0.15) is 0 Å². The minimum Gasteiger partial charge on any atom is -0.633 e. The molecule has 0 saturated heterocycles. The zero-order chi connectivity index (χ0) is 32.7. The van der Waals surface area contributed by atoms with Crippen LogP contribution in [0, 0.1) is 10.4 Å². The number of aromatic hydroxyl groups is 2. The number of hydrogen-bond acceptors (Lipinski definition) is 8. The first kappa shape index (κ1) is 30.4. The van der Waals surface area contributed by atoms with Crippen LogP contribution in [0.4, 0.5) is 0 Å². The van der Waals surface area contributed by atoms with E-state index in [1.54, 1.807) is 28.2 Å². The van der Waals surface area contributed by atoms with Crippen molar-refractivity contribution in [2.45, 2.75) is 13.1 Å². The van der Waals surface area contributed by atoms with Crippen LogP contribution < -0.4 is 10.9 Å². The summed E-state index contributed by atoms with van der Waals surface area (Å²) in [5, 5.41) is 49.9. The lowest BCUT2D eigenvalue weighted by Gasteiger charge is -2.35. The second-order valence-electron chi connectivity index (χ2n) is 12.7. The fraction of sp³-hybridized carbons (Fsp3) is 0.235. The highest BCUT2D eigenvalue weighted by Gasteiger charge is 2.27. The number of likely N-dealkylation sites (N-methyl/N-ethyl adjacent to an activating group) is 2. The van der Waals surface area contributed by atoms with Crippen LogP contribution in [0.15, 0.2) is 70.3 Å². The van der Waals surface area contributed by atoms with Gasteiger partial charge in [-0.05, 0) is 36.4 Å². The first-order chi connectivity index (χ1) is 21.7. The van der Waals surface area contributed by atoms with Crippen LogP contribution in [0.3, 0.4) is 0 Å². The Morgan fingerprint density at radius 3 is 1.35 bits per heavy atom. The zero-order valence-electron chi connectivity index (χ0n) is 25.7. The van der Waals surface area contributed by atoms with Gasteiger partial charge in [-0.1, -0.05) is 24.3 Å². The normalized spacial score (nSPS) is 12.8. The van der Waals surface area contributed by atoms with E-state index in [0.29, 0.717) is 11.0 Å².